The third-order valence-corrected chi connectivity index (χ3v) is 4.89. The topological polar surface area (TPSA) is 29.5 Å². The molecular weight excluding hydrogens is 274 g/mol. The number of rotatable bonds is 3. The Morgan fingerprint density at radius 2 is 1.91 bits per heavy atom. The van der Waals surface area contributed by atoms with Crippen LogP contribution in [0.4, 0.5) is 0 Å². The highest BCUT2D eigenvalue weighted by Gasteiger charge is 2.32. The maximum absolute atomic E-state index is 12.9. The Hall–Kier alpha value is -1.35. The van der Waals surface area contributed by atoms with Crippen molar-refractivity contribution in [3.8, 4) is 0 Å². The van der Waals surface area contributed by atoms with Gasteiger partial charge in [-0.05, 0) is 57.1 Å². The molecule has 3 nitrogen and oxygen atoms in total. The van der Waals surface area contributed by atoms with Gasteiger partial charge in [0.25, 0.3) is 0 Å². The van der Waals surface area contributed by atoms with Crippen LogP contribution in [0.5, 0.6) is 0 Å². The van der Waals surface area contributed by atoms with Crippen LogP contribution in [0, 0.1) is 0 Å². The summed E-state index contributed by atoms with van der Waals surface area (Å²) in [4.78, 5) is 15.0. The largest absolute Gasteiger partial charge is 0.375 e. The lowest BCUT2D eigenvalue weighted by atomic mass is 9.82. The minimum Gasteiger partial charge on any atom is -0.375 e. The molecule has 120 valence electrons. The van der Waals surface area contributed by atoms with Crippen LogP contribution in [-0.4, -0.2) is 36.1 Å². The van der Waals surface area contributed by atoms with Gasteiger partial charge in [-0.3, -0.25) is 4.79 Å². The lowest BCUT2D eigenvalue weighted by Crippen LogP contribution is -2.44. The second-order valence-corrected chi connectivity index (χ2v) is 6.85. The van der Waals surface area contributed by atoms with E-state index in [1.807, 2.05) is 0 Å². The fourth-order valence-corrected chi connectivity index (χ4v) is 3.83. The number of likely N-dealkylation sites (tertiary alicyclic amines) is 1. The molecule has 1 saturated heterocycles. The third-order valence-electron chi connectivity index (χ3n) is 4.89. The number of piperidine rings is 1. The summed E-state index contributed by atoms with van der Waals surface area (Å²) in [6.45, 7) is 5.84. The van der Waals surface area contributed by atoms with Crippen LogP contribution >= 0.6 is 0 Å². The predicted molar refractivity (Wildman–Crippen MR) is 87.9 cm³/mol. The second-order valence-electron chi connectivity index (χ2n) is 6.85. The van der Waals surface area contributed by atoms with Crippen LogP contribution < -0.4 is 0 Å². The molecule has 0 bridgehead atoms. The molecule has 0 saturated carbocycles. The van der Waals surface area contributed by atoms with Crippen molar-refractivity contribution in [3.05, 3.63) is 35.4 Å². The summed E-state index contributed by atoms with van der Waals surface area (Å²) in [5.41, 5.74) is 2.63. The number of nitrogens with zero attached hydrogens (tertiary/aromatic N) is 1. The third kappa shape index (κ3) is 3.35. The summed E-state index contributed by atoms with van der Waals surface area (Å²) in [5.74, 6) is 0.405. The number of carbonyl (C=O) groups excluding carboxylic acids is 1. The van der Waals surface area contributed by atoms with E-state index in [0.717, 1.165) is 45.2 Å². The second kappa shape index (κ2) is 6.82. The van der Waals surface area contributed by atoms with Gasteiger partial charge in [-0.15, -0.1) is 0 Å². The molecule has 2 aliphatic rings. The summed E-state index contributed by atoms with van der Waals surface area (Å²) < 4.78 is 5.88. The molecule has 1 aromatic rings. The molecule has 1 fully saturated rings. The van der Waals surface area contributed by atoms with Gasteiger partial charge >= 0.3 is 0 Å². The van der Waals surface area contributed by atoms with E-state index in [1.165, 1.54) is 11.1 Å². The standard InChI is InChI=1S/C19H27NO2/c1-14(2)22-16-10-12-20(13-11-16)19(21)18-9-5-7-15-6-3-4-8-17(15)18/h3-4,6,8,14,16,18H,5,7,9-13H2,1-2H3/t18-/m0/s1. The highest BCUT2D eigenvalue weighted by Crippen LogP contribution is 2.33. The van der Waals surface area contributed by atoms with E-state index in [0.29, 0.717) is 12.0 Å². The molecule has 1 aliphatic carbocycles. The molecule has 1 aliphatic heterocycles. The van der Waals surface area contributed by atoms with Gasteiger partial charge in [-0.2, -0.15) is 0 Å². The molecule has 1 heterocycles. The van der Waals surface area contributed by atoms with Crippen molar-refractivity contribution in [1.82, 2.24) is 4.90 Å². The number of carbonyl (C=O) groups is 1. The van der Waals surface area contributed by atoms with Crippen molar-refractivity contribution >= 4 is 5.91 Å². The summed E-state index contributed by atoms with van der Waals surface area (Å²) >= 11 is 0. The minimum absolute atomic E-state index is 0.0764. The Labute approximate surface area is 133 Å². The van der Waals surface area contributed by atoms with Crippen molar-refractivity contribution < 1.29 is 9.53 Å². The number of fused-ring (bicyclic) bond motifs is 1. The first-order valence-electron chi connectivity index (χ1n) is 8.67. The monoisotopic (exact) mass is 301 g/mol. The number of hydrogen-bond acceptors (Lipinski definition) is 2. The Kier molecular flexibility index (Phi) is 4.82. The van der Waals surface area contributed by atoms with E-state index in [2.05, 4.69) is 43.0 Å². The van der Waals surface area contributed by atoms with Crippen molar-refractivity contribution in [2.45, 2.75) is 64.1 Å². The van der Waals surface area contributed by atoms with E-state index in [9.17, 15) is 4.79 Å². The molecule has 0 aromatic heterocycles. The molecule has 22 heavy (non-hydrogen) atoms. The van der Waals surface area contributed by atoms with Crippen LogP contribution in [0.1, 0.15) is 56.6 Å². The predicted octanol–water partition coefficient (Wildman–Crippen LogP) is 3.52. The molecule has 1 atom stereocenters. The smallest absolute Gasteiger partial charge is 0.230 e. The lowest BCUT2D eigenvalue weighted by molar-refractivity contribution is -0.136. The number of ether oxygens (including phenoxy) is 1. The van der Waals surface area contributed by atoms with E-state index in [1.54, 1.807) is 0 Å². The highest BCUT2D eigenvalue weighted by molar-refractivity contribution is 5.84. The van der Waals surface area contributed by atoms with E-state index in [4.69, 9.17) is 4.74 Å². The van der Waals surface area contributed by atoms with Gasteiger partial charge in [-0.1, -0.05) is 24.3 Å². The molecule has 0 spiro atoms. The minimum atomic E-state index is 0.0764. The van der Waals surface area contributed by atoms with Crippen molar-refractivity contribution in [3.63, 3.8) is 0 Å². The fraction of sp³-hybridized carbons (Fsp3) is 0.632. The van der Waals surface area contributed by atoms with Gasteiger partial charge in [0.15, 0.2) is 0 Å². The van der Waals surface area contributed by atoms with Gasteiger partial charge in [0.1, 0.15) is 0 Å². The Morgan fingerprint density at radius 1 is 1.18 bits per heavy atom. The van der Waals surface area contributed by atoms with Crippen LogP contribution in [0.25, 0.3) is 0 Å². The Morgan fingerprint density at radius 3 is 2.64 bits per heavy atom. The first kappa shape index (κ1) is 15.5. The Bertz CT molecular complexity index is 518. The summed E-state index contributed by atoms with van der Waals surface area (Å²) in [7, 11) is 0. The zero-order valence-corrected chi connectivity index (χ0v) is 13.8. The Balaban J connectivity index is 1.64. The lowest BCUT2D eigenvalue weighted by Gasteiger charge is -2.36. The fourth-order valence-electron chi connectivity index (χ4n) is 3.83. The number of amides is 1. The average molecular weight is 301 g/mol. The zero-order chi connectivity index (χ0) is 15.5. The number of hydrogen-bond donors (Lipinski definition) is 0. The normalized spacial score (nSPS) is 22.7. The van der Waals surface area contributed by atoms with Crippen molar-refractivity contribution in [2.24, 2.45) is 0 Å². The van der Waals surface area contributed by atoms with Crippen molar-refractivity contribution in [2.75, 3.05) is 13.1 Å². The van der Waals surface area contributed by atoms with E-state index < -0.39 is 0 Å². The highest BCUT2D eigenvalue weighted by atomic mass is 16.5. The molecule has 1 amide bonds. The van der Waals surface area contributed by atoms with Crippen LogP contribution in [0.2, 0.25) is 0 Å². The van der Waals surface area contributed by atoms with E-state index in [-0.39, 0.29) is 12.0 Å². The first-order valence-corrected chi connectivity index (χ1v) is 8.67. The number of benzene rings is 1. The van der Waals surface area contributed by atoms with E-state index >= 15 is 0 Å². The first-order chi connectivity index (χ1) is 10.6. The van der Waals surface area contributed by atoms with Gasteiger partial charge in [-0.25, -0.2) is 0 Å². The maximum atomic E-state index is 12.9. The summed E-state index contributed by atoms with van der Waals surface area (Å²) in [6.07, 6.45) is 5.78. The molecule has 1 aromatic carbocycles. The quantitative estimate of drug-likeness (QED) is 0.855. The molecule has 0 N–H and O–H groups in total. The summed E-state index contributed by atoms with van der Waals surface area (Å²) in [6, 6.07) is 8.47. The van der Waals surface area contributed by atoms with Crippen LogP contribution in [-0.2, 0) is 16.0 Å². The molecule has 3 rings (SSSR count). The number of aryl methyl sites for hydroxylation is 1. The van der Waals surface area contributed by atoms with Gasteiger partial charge < -0.3 is 9.64 Å². The van der Waals surface area contributed by atoms with Crippen LogP contribution in [0.15, 0.2) is 24.3 Å². The molecule has 0 unspecified atom stereocenters. The van der Waals surface area contributed by atoms with Gasteiger partial charge in [0.2, 0.25) is 5.91 Å². The van der Waals surface area contributed by atoms with Crippen molar-refractivity contribution in [1.29, 1.82) is 0 Å². The zero-order valence-electron chi connectivity index (χ0n) is 13.8. The maximum Gasteiger partial charge on any atom is 0.230 e. The molecule has 3 heteroatoms. The van der Waals surface area contributed by atoms with Crippen LogP contribution in [0.3, 0.4) is 0 Å². The summed E-state index contributed by atoms with van der Waals surface area (Å²) in [5, 5.41) is 0. The average Bonchev–Trinajstić information content (AvgIpc) is 2.54. The molecular formula is C19H27NO2. The SMILES string of the molecule is CC(C)OC1CCN(C(=O)[C@H]2CCCc3ccccc32)CC1. The molecule has 0 radical (unpaired) electrons. The van der Waals surface area contributed by atoms with Gasteiger partial charge in [0, 0.05) is 13.1 Å². The van der Waals surface area contributed by atoms with Gasteiger partial charge in [0.05, 0.1) is 18.1 Å².